The number of carbonyl (C=O) groups excluding carboxylic acids is 1. The van der Waals surface area contributed by atoms with Crippen molar-refractivity contribution < 1.29 is 17.7 Å². The molecule has 5 rings (SSSR count). The SMILES string of the molecule is O=C(Nc1ccc(S(=O)(=O)N2CCCCCC2)cc1)C1CCN(Cc2nc(-c3ccccc3Cl)no2)CC1. The summed E-state index contributed by atoms with van der Waals surface area (Å²) < 4.78 is 33.0. The average Bonchev–Trinajstić information content (AvgIpc) is 3.19. The Hall–Kier alpha value is -2.79. The normalized spacial score (nSPS) is 18.2. The average molecular weight is 558 g/mol. The van der Waals surface area contributed by atoms with Crippen LogP contribution in [0.3, 0.4) is 0 Å². The zero-order valence-electron chi connectivity index (χ0n) is 21.2. The van der Waals surface area contributed by atoms with Crippen LogP contribution in [0.15, 0.2) is 57.9 Å². The van der Waals surface area contributed by atoms with Crippen LogP contribution in [0.25, 0.3) is 11.4 Å². The molecular weight excluding hydrogens is 526 g/mol. The van der Waals surface area contributed by atoms with Gasteiger partial charge in [-0.15, -0.1) is 0 Å². The predicted octanol–water partition coefficient (Wildman–Crippen LogP) is 4.81. The molecular formula is C27H32ClN5O4S. The van der Waals surface area contributed by atoms with Gasteiger partial charge in [-0.05, 0) is 75.2 Å². The molecule has 2 aliphatic rings. The van der Waals surface area contributed by atoms with E-state index in [1.807, 2.05) is 18.2 Å². The fourth-order valence-electron chi connectivity index (χ4n) is 5.00. The summed E-state index contributed by atoms with van der Waals surface area (Å²) in [5, 5.41) is 7.57. The van der Waals surface area contributed by atoms with E-state index < -0.39 is 10.0 Å². The van der Waals surface area contributed by atoms with E-state index in [2.05, 4.69) is 20.4 Å². The lowest BCUT2D eigenvalue weighted by molar-refractivity contribution is -0.121. The maximum atomic E-state index is 13.0. The summed E-state index contributed by atoms with van der Waals surface area (Å²) in [6.07, 6.45) is 5.33. The van der Waals surface area contributed by atoms with Crippen molar-refractivity contribution in [3.63, 3.8) is 0 Å². The number of likely N-dealkylation sites (tertiary alicyclic amines) is 1. The van der Waals surface area contributed by atoms with E-state index in [-0.39, 0.29) is 16.7 Å². The van der Waals surface area contributed by atoms with E-state index in [9.17, 15) is 13.2 Å². The summed E-state index contributed by atoms with van der Waals surface area (Å²) in [6, 6.07) is 13.9. The molecule has 2 fully saturated rings. The Kier molecular flexibility index (Phi) is 8.42. The largest absolute Gasteiger partial charge is 0.338 e. The van der Waals surface area contributed by atoms with Crippen LogP contribution in [0, 0.1) is 5.92 Å². The molecule has 3 heterocycles. The highest BCUT2D eigenvalue weighted by molar-refractivity contribution is 7.89. The number of nitrogens with one attached hydrogen (secondary N) is 1. The fraction of sp³-hybridized carbons (Fsp3) is 0.444. The van der Waals surface area contributed by atoms with Gasteiger partial charge in [0.15, 0.2) is 0 Å². The molecule has 1 aromatic heterocycles. The van der Waals surface area contributed by atoms with Gasteiger partial charge in [0.1, 0.15) is 0 Å². The van der Waals surface area contributed by atoms with Gasteiger partial charge in [0.25, 0.3) is 0 Å². The number of anilines is 1. The molecule has 0 unspecified atom stereocenters. The second-order valence-corrected chi connectivity index (χ2v) is 12.2. The number of benzene rings is 2. The van der Waals surface area contributed by atoms with Crippen molar-refractivity contribution in [2.45, 2.75) is 50.0 Å². The molecule has 38 heavy (non-hydrogen) atoms. The van der Waals surface area contributed by atoms with Crippen LogP contribution in [0.2, 0.25) is 5.02 Å². The molecule has 0 atom stereocenters. The summed E-state index contributed by atoms with van der Waals surface area (Å²) in [7, 11) is -3.51. The van der Waals surface area contributed by atoms with Gasteiger partial charge < -0.3 is 9.84 Å². The molecule has 0 radical (unpaired) electrons. The molecule has 2 aromatic carbocycles. The van der Waals surface area contributed by atoms with Gasteiger partial charge in [0.2, 0.25) is 27.6 Å². The number of aromatic nitrogens is 2. The highest BCUT2D eigenvalue weighted by atomic mass is 35.5. The second kappa shape index (κ2) is 11.9. The minimum Gasteiger partial charge on any atom is -0.338 e. The van der Waals surface area contributed by atoms with Crippen molar-refractivity contribution in [1.82, 2.24) is 19.3 Å². The minimum atomic E-state index is -3.51. The third-order valence-corrected chi connectivity index (χ3v) is 9.47. The Bertz CT molecular complexity index is 1350. The van der Waals surface area contributed by atoms with E-state index in [0.717, 1.165) is 44.3 Å². The molecule has 1 N–H and O–H groups in total. The Morgan fingerprint density at radius 3 is 2.34 bits per heavy atom. The Morgan fingerprint density at radius 2 is 1.66 bits per heavy atom. The number of halogens is 1. The molecule has 202 valence electrons. The quantitative estimate of drug-likeness (QED) is 0.444. The van der Waals surface area contributed by atoms with Gasteiger partial charge in [-0.25, -0.2) is 8.42 Å². The monoisotopic (exact) mass is 557 g/mol. The van der Waals surface area contributed by atoms with Gasteiger partial charge in [0, 0.05) is 30.3 Å². The number of amides is 1. The number of sulfonamides is 1. The zero-order valence-corrected chi connectivity index (χ0v) is 22.8. The van der Waals surface area contributed by atoms with Gasteiger partial charge >= 0.3 is 0 Å². The lowest BCUT2D eigenvalue weighted by Gasteiger charge is -2.30. The van der Waals surface area contributed by atoms with Gasteiger partial charge in [-0.3, -0.25) is 9.69 Å². The fourth-order valence-corrected chi connectivity index (χ4v) is 6.74. The van der Waals surface area contributed by atoms with Gasteiger partial charge in [-0.2, -0.15) is 9.29 Å². The molecule has 0 saturated carbocycles. The van der Waals surface area contributed by atoms with Crippen molar-refractivity contribution in [3.05, 3.63) is 59.4 Å². The molecule has 2 aliphatic heterocycles. The van der Waals surface area contributed by atoms with Crippen LogP contribution in [0.1, 0.15) is 44.4 Å². The first-order valence-electron chi connectivity index (χ1n) is 13.1. The van der Waals surface area contributed by atoms with Crippen molar-refractivity contribution in [2.75, 3.05) is 31.5 Å². The highest BCUT2D eigenvalue weighted by Crippen LogP contribution is 2.27. The third-order valence-electron chi connectivity index (χ3n) is 7.22. The molecule has 0 bridgehead atoms. The van der Waals surface area contributed by atoms with E-state index in [0.29, 0.717) is 54.9 Å². The number of piperidine rings is 1. The standard InChI is InChI=1S/C27H32ClN5O4S/c28-24-8-4-3-7-23(24)26-30-25(37-31-26)19-32-17-13-20(14-18-32)27(34)29-21-9-11-22(12-10-21)38(35,36)33-15-5-1-2-6-16-33/h3-4,7-12,20H,1-2,5-6,13-19H2,(H,29,34). The van der Waals surface area contributed by atoms with Gasteiger partial charge in [-0.1, -0.05) is 41.7 Å². The van der Waals surface area contributed by atoms with Gasteiger partial charge in [0.05, 0.1) is 16.5 Å². The maximum absolute atomic E-state index is 13.0. The van der Waals surface area contributed by atoms with Crippen LogP contribution in [-0.2, 0) is 21.4 Å². The molecule has 3 aromatic rings. The summed E-state index contributed by atoms with van der Waals surface area (Å²) in [6.45, 7) is 3.10. The molecule has 0 aliphatic carbocycles. The number of nitrogens with zero attached hydrogens (tertiary/aromatic N) is 4. The first-order valence-corrected chi connectivity index (χ1v) is 14.9. The van der Waals surface area contributed by atoms with E-state index >= 15 is 0 Å². The molecule has 11 heteroatoms. The Balaban J connectivity index is 1.11. The van der Waals surface area contributed by atoms with E-state index in [1.54, 1.807) is 34.6 Å². The first kappa shape index (κ1) is 26.8. The minimum absolute atomic E-state index is 0.0495. The topological polar surface area (TPSA) is 109 Å². The van der Waals surface area contributed by atoms with Crippen molar-refractivity contribution in [1.29, 1.82) is 0 Å². The van der Waals surface area contributed by atoms with Crippen LogP contribution < -0.4 is 5.32 Å². The summed E-state index contributed by atoms with van der Waals surface area (Å²) in [5.74, 6) is 0.808. The molecule has 9 nitrogen and oxygen atoms in total. The maximum Gasteiger partial charge on any atom is 0.243 e. The first-order chi connectivity index (χ1) is 18.4. The van der Waals surface area contributed by atoms with Crippen molar-refractivity contribution >= 4 is 33.2 Å². The lowest BCUT2D eigenvalue weighted by atomic mass is 9.96. The zero-order chi connectivity index (χ0) is 26.5. The summed E-state index contributed by atoms with van der Waals surface area (Å²) >= 11 is 6.23. The van der Waals surface area contributed by atoms with Crippen LogP contribution in [-0.4, -0.2) is 59.8 Å². The summed E-state index contributed by atoms with van der Waals surface area (Å²) in [5.41, 5.74) is 1.33. The number of carbonyl (C=O) groups is 1. The lowest BCUT2D eigenvalue weighted by Crippen LogP contribution is -2.37. The summed E-state index contributed by atoms with van der Waals surface area (Å²) in [4.78, 5) is 19.8. The number of hydrogen-bond acceptors (Lipinski definition) is 7. The van der Waals surface area contributed by atoms with Crippen LogP contribution in [0.5, 0.6) is 0 Å². The highest BCUT2D eigenvalue weighted by Gasteiger charge is 2.27. The van der Waals surface area contributed by atoms with E-state index in [4.69, 9.17) is 16.1 Å². The molecule has 0 spiro atoms. The Morgan fingerprint density at radius 1 is 0.974 bits per heavy atom. The smallest absolute Gasteiger partial charge is 0.243 e. The van der Waals surface area contributed by atoms with Crippen molar-refractivity contribution in [2.24, 2.45) is 5.92 Å². The Labute approximate surface area is 228 Å². The number of hydrogen-bond donors (Lipinski definition) is 1. The molecule has 2 saturated heterocycles. The molecule has 1 amide bonds. The second-order valence-electron chi connectivity index (χ2n) is 9.87. The number of rotatable bonds is 7. The van der Waals surface area contributed by atoms with E-state index in [1.165, 1.54) is 0 Å². The predicted molar refractivity (Wildman–Crippen MR) is 145 cm³/mol. The van der Waals surface area contributed by atoms with Crippen LogP contribution >= 0.6 is 11.6 Å². The van der Waals surface area contributed by atoms with Crippen LogP contribution in [0.4, 0.5) is 5.69 Å². The van der Waals surface area contributed by atoms with Crippen molar-refractivity contribution in [3.8, 4) is 11.4 Å². The third kappa shape index (κ3) is 6.26.